The SMILES string of the molecule is COC(=O)CCCOc1cc(F)cc(CO)c1. The Hall–Kier alpha value is -1.62. The van der Waals surface area contributed by atoms with E-state index in [0.29, 0.717) is 24.3 Å². The first-order valence-corrected chi connectivity index (χ1v) is 5.25. The number of carbonyl (C=O) groups excluding carboxylic acids is 1. The summed E-state index contributed by atoms with van der Waals surface area (Å²) in [5.41, 5.74) is 0.452. The van der Waals surface area contributed by atoms with Gasteiger partial charge >= 0.3 is 5.97 Å². The summed E-state index contributed by atoms with van der Waals surface area (Å²) in [6, 6.07) is 4.03. The Morgan fingerprint density at radius 2 is 2.18 bits per heavy atom. The van der Waals surface area contributed by atoms with E-state index in [4.69, 9.17) is 9.84 Å². The quantitative estimate of drug-likeness (QED) is 0.608. The molecule has 0 heterocycles. The Bertz CT molecular complexity index is 379. The van der Waals surface area contributed by atoms with E-state index in [1.54, 1.807) is 6.07 Å². The van der Waals surface area contributed by atoms with Gasteiger partial charge in [0.1, 0.15) is 11.6 Å². The first kappa shape index (κ1) is 13.4. The average Bonchev–Trinajstić information content (AvgIpc) is 2.33. The van der Waals surface area contributed by atoms with Crippen molar-refractivity contribution in [1.82, 2.24) is 0 Å². The summed E-state index contributed by atoms with van der Waals surface area (Å²) in [5.74, 6) is -0.415. The molecule has 0 aliphatic heterocycles. The predicted octanol–water partition coefficient (Wildman–Crippen LogP) is 1.65. The molecule has 1 aromatic carbocycles. The van der Waals surface area contributed by atoms with Gasteiger partial charge in [0.15, 0.2) is 0 Å². The van der Waals surface area contributed by atoms with Crippen molar-refractivity contribution in [3.63, 3.8) is 0 Å². The van der Waals surface area contributed by atoms with Crippen molar-refractivity contribution in [3.05, 3.63) is 29.6 Å². The Kier molecular flexibility index (Phi) is 5.42. The number of ether oxygens (including phenoxy) is 2. The van der Waals surface area contributed by atoms with Gasteiger partial charge in [-0.2, -0.15) is 0 Å². The molecule has 0 bridgehead atoms. The van der Waals surface area contributed by atoms with E-state index >= 15 is 0 Å². The molecule has 1 rings (SSSR count). The molecular weight excluding hydrogens is 227 g/mol. The molecule has 0 amide bonds. The fourth-order valence-electron chi connectivity index (χ4n) is 1.30. The highest BCUT2D eigenvalue weighted by molar-refractivity contribution is 5.69. The second-order valence-corrected chi connectivity index (χ2v) is 3.48. The van der Waals surface area contributed by atoms with E-state index in [0.717, 1.165) is 0 Å². The van der Waals surface area contributed by atoms with Crippen LogP contribution in [0.4, 0.5) is 4.39 Å². The number of hydrogen-bond acceptors (Lipinski definition) is 4. The number of hydrogen-bond donors (Lipinski definition) is 1. The van der Waals surface area contributed by atoms with Crippen LogP contribution in [0.1, 0.15) is 18.4 Å². The number of rotatable bonds is 6. The van der Waals surface area contributed by atoms with Gasteiger partial charge in [0.05, 0.1) is 20.3 Å². The molecule has 0 aliphatic rings. The zero-order chi connectivity index (χ0) is 12.7. The summed E-state index contributed by atoms with van der Waals surface area (Å²) in [4.78, 5) is 10.8. The number of benzene rings is 1. The van der Waals surface area contributed by atoms with Gasteiger partial charge in [0.25, 0.3) is 0 Å². The van der Waals surface area contributed by atoms with E-state index < -0.39 is 5.82 Å². The van der Waals surface area contributed by atoms with Crippen LogP contribution in [-0.4, -0.2) is 24.8 Å². The van der Waals surface area contributed by atoms with Gasteiger partial charge in [-0.1, -0.05) is 0 Å². The van der Waals surface area contributed by atoms with Crippen molar-refractivity contribution >= 4 is 5.97 Å². The summed E-state index contributed by atoms with van der Waals surface area (Å²) < 4.78 is 22.8. The molecule has 94 valence electrons. The number of halogens is 1. The van der Waals surface area contributed by atoms with Gasteiger partial charge in [0.2, 0.25) is 0 Å². The second-order valence-electron chi connectivity index (χ2n) is 3.48. The van der Waals surface area contributed by atoms with Gasteiger partial charge < -0.3 is 14.6 Å². The number of esters is 1. The molecule has 5 heteroatoms. The molecule has 4 nitrogen and oxygen atoms in total. The maximum Gasteiger partial charge on any atom is 0.305 e. The van der Waals surface area contributed by atoms with E-state index in [1.165, 1.54) is 19.2 Å². The van der Waals surface area contributed by atoms with Crippen LogP contribution in [0.25, 0.3) is 0 Å². The summed E-state index contributed by atoms with van der Waals surface area (Å²) >= 11 is 0. The lowest BCUT2D eigenvalue weighted by atomic mass is 10.2. The maximum atomic E-state index is 13.0. The molecular formula is C12H15FO4. The Labute approximate surface area is 99.0 Å². The Morgan fingerprint density at radius 1 is 1.41 bits per heavy atom. The van der Waals surface area contributed by atoms with Crippen LogP contribution in [0.5, 0.6) is 5.75 Å². The minimum atomic E-state index is -0.459. The largest absolute Gasteiger partial charge is 0.493 e. The third-order valence-corrected chi connectivity index (χ3v) is 2.14. The van der Waals surface area contributed by atoms with Crippen LogP contribution in [0.3, 0.4) is 0 Å². The topological polar surface area (TPSA) is 55.8 Å². The van der Waals surface area contributed by atoms with E-state index in [-0.39, 0.29) is 19.0 Å². The molecule has 0 fully saturated rings. The molecule has 0 radical (unpaired) electrons. The number of aliphatic hydroxyl groups is 1. The Morgan fingerprint density at radius 3 is 2.82 bits per heavy atom. The maximum absolute atomic E-state index is 13.0. The van der Waals surface area contributed by atoms with Crippen molar-refractivity contribution in [3.8, 4) is 5.75 Å². The normalized spacial score (nSPS) is 10.1. The third-order valence-electron chi connectivity index (χ3n) is 2.14. The van der Waals surface area contributed by atoms with Crippen molar-refractivity contribution in [2.75, 3.05) is 13.7 Å². The molecule has 0 aliphatic carbocycles. The van der Waals surface area contributed by atoms with Crippen molar-refractivity contribution in [2.45, 2.75) is 19.4 Å². The highest BCUT2D eigenvalue weighted by atomic mass is 19.1. The van der Waals surface area contributed by atoms with Crippen LogP contribution in [0.2, 0.25) is 0 Å². The van der Waals surface area contributed by atoms with Gasteiger partial charge in [-0.15, -0.1) is 0 Å². The first-order chi connectivity index (χ1) is 8.15. The zero-order valence-electron chi connectivity index (χ0n) is 9.61. The minimum absolute atomic E-state index is 0.240. The molecule has 17 heavy (non-hydrogen) atoms. The molecule has 1 N–H and O–H groups in total. The lowest BCUT2D eigenvalue weighted by Crippen LogP contribution is -2.04. The van der Waals surface area contributed by atoms with Crippen LogP contribution in [0.15, 0.2) is 18.2 Å². The summed E-state index contributed by atoms with van der Waals surface area (Å²) in [7, 11) is 1.32. The van der Waals surface area contributed by atoms with Crippen LogP contribution in [0, 0.1) is 5.82 Å². The van der Waals surface area contributed by atoms with Gasteiger partial charge in [-0.3, -0.25) is 4.79 Å². The highest BCUT2D eigenvalue weighted by Gasteiger charge is 2.03. The van der Waals surface area contributed by atoms with E-state index in [1.807, 2.05) is 0 Å². The van der Waals surface area contributed by atoms with Gasteiger partial charge in [-0.25, -0.2) is 4.39 Å². The lowest BCUT2D eigenvalue weighted by Gasteiger charge is -2.07. The molecule has 0 atom stereocenters. The van der Waals surface area contributed by atoms with Crippen molar-refractivity contribution in [1.29, 1.82) is 0 Å². The van der Waals surface area contributed by atoms with Crippen molar-refractivity contribution < 1.29 is 23.8 Å². The summed E-state index contributed by atoms with van der Waals surface area (Å²) in [5, 5.41) is 8.88. The van der Waals surface area contributed by atoms with Gasteiger partial charge in [0, 0.05) is 12.5 Å². The summed E-state index contributed by atoms with van der Waals surface area (Å²) in [6.45, 7) is 0.0553. The highest BCUT2D eigenvalue weighted by Crippen LogP contribution is 2.16. The number of aliphatic hydroxyl groups excluding tert-OH is 1. The first-order valence-electron chi connectivity index (χ1n) is 5.25. The fourth-order valence-corrected chi connectivity index (χ4v) is 1.30. The molecule has 0 unspecified atom stereocenters. The van der Waals surface area contributed by atoms with Crippen LogP contribution < -0.4 is 4.74 Å². The zero-order valence-corrected chi connectivity index (χ0v) is 9.61. The number of methoxy groups -OCH3 is 1. The smallest absolute Gasteiger partial charge is 0.305 e. The van der Waals surface area contributed by atoms with Crippen LogP contribution in [-0.2, 0) is 16.1 Å². The van der Waals surface area contributed by atoms with Crippen LogP contribution >= 0.6 is 0 Å². The fraction of sp³-hybridized carbons (Fsp3) is 0.417. The molecule has 0 saturated carbocycles. The average molecular weight is 242 g/mol. The third kappa shape index (κ3) is 4.82. The second kappa shape index (κ2) is 6.85. The molecule has 0 spiro atoms. The minimum Gasteiger partial charge on any atom is -0.493 e. The molecule has 0 saturated heterocycles. The van der Waals surface area contributed by atoms with E-state index in [2.05, 4.69) is 4.74 Å². The van der Waals surface area contributed by atoms with E-state index in [9.17, 15) is 9.18 Å². The monoisotopic (exact) mass is 242 g/mol. The predicted molar refractivity (Wildman–Crippen MR) is 59.1 cm³/mol. The standard InChI is InChI=1S/C12H15FO4/c1-16-12(15)3-2-4-17-11-6-9(8-14)5-10(13)7-11/h5-7,14H,2-4,8H2,1H3. The molecule has 1 aromatic rings. The summed E-state index contributed by atoms with van der Waals surface area (Å²) in [6.07, 6.45) is 0.760. The molecule has 0 aromatic heterocycles. The van der Waals surface area contributed by atoms with Crippen molar-refractivity contribution in [2.24, 2.45) is 0 Å². The Balaban J connectivity index is 2.41. The number of carbonyl (C=O) groups is 1. The lowest BCUT2D eigenvalue weighted by molar-refractivity contribution is -0.140. The van der Waals surface area contributed by atoms with Gasteiger partial charge in [-0.05, 0) is 24.1 Å².